The predicted octanol–water partition coefficient (Wildman–Crippen LogP) is 4.96. The fraction of sp³-hybridized carbons (Fsp3) is 0.125. The Kier molecular flexibility index (Phi) is 5.49. The van der Waals surface area contributed by atoms with Crippen molar-refractivity contribution in [1.29, 1.82) is 0 Å². The zero-order valence-electron chi connectivity index (χ0n) is 17.0. The molecule has 0 radical (unpaired) electrons. The largest absolute Gasteiger partial charge is 0.497 e. The number of aromatic nitrogens is 2. The molecule has 0 aliphatic heterocycles. The molecule has 6 nitrogen and oxygen atoms in total. The zero-order chi connectivity index (χ0) is 22.0. The summed E-state index contributed by atoms with van der Waals surface area (Å²) in [6.07, 6.45) is 3.59. The summed E-state index contributed by atoms with van der Waals surface area (Å²) in [6.45, 7) is 1.78. The van der Waals surface area contributed by atoms with Crippen molar-refractivity contribution < 1.29 is 18.7 Å². The van der Waals surface area contributed by atoms with Gasteiger partial charge in [0.25, 0.3) is 0 Å². The lowest BCUT2D eigenvalue weighted by molar-refractivity contribution is -0.115. The van der Waals surface area contributed by atoms with E-state index in [0.717, 1.165) is 11.1 Å². The maximum absolute atomic E-state index is 14.3. The molecule has 0 bridgehead atoms. The van der Waals surface area contributed by atoms with Gasteiger partial charge in [-0.05, 0) is 42.0 Å². The predicted molar refractivity (Wildman–Crippen MR) is 117 cm³/mol. The van der Waals surface area contributed by atoms with E-state index in [0.29, 0.717) is 34.5 Å². The summed E-state index contributed by atoms with van der Waals surface area (Å²) in [7, 11) is 1.46. The van der Waals surface area contributed by atoms with Gasteiger partial charge in [0.2, 0.25) is 5.91 Å². The summed E-state index contributed by atoms with van der Waals surface area (Å²) in [5.74, 6) is -0.770. The maximum atomic E-state index is 14.3. The SMILES string of the molecule is CCC(=O)Nc1cccc(-c2cnc3[nH]cc(C(=O)c4cc(OC)ccc4F)c3c2)c1. The molecule has 0 fully saturated rings. The molecule has 0 spiro atoms. The van der Waals surface area contributed by atoms with Crippen LogP contribution in [0, 0.1) is 5.82 Å². The number of rotatable bonds is 6. The van der Waals surface area contributed by atoms with E-state index in [1.807, 2.05) is 24.3 Å². The van der Waals surface area contributed by atoms with Crippen LogP contribution in [0.4, 0.5) is 10.1 Å². The highest BCUT2D eigenvalue weighted by Gasteiger charge is 2.19. The third-order valence-corrected chi connectivity index (χ3v) is 4.99. The van der Waals surface area contributed by atoms with Crippen LogP contribution in [0.25, 0.3) is 22.2 Å². The molecule has 0 atom stereocenters. The lowest BCUT2D eigenvalue weighted by Crippen LogP contribution is -2.09. The highest BCUT2D eigenvalue weighted by atomic mass is 19.1. The van der Waals surface area contributed by atoms with Gasteiger partial charge in [0.05, 0.1) is 12.7 Å². The van der Waals surface area contributed by atoms with Crippen molar-refractivity contribution in [3.63, 3.8) is 0 Å². The third-order valence-electron chi connectivity index (χ3n) is 4.99. The van der Waals surface area contributed by atoms with E-state index >= 15 is 0 Å². The number of carbonyl (C=O) groups is 2. The smallest absolute Gasteiger partial charge is 0.224 e. The van der Waals surface area contributed by atoms with Crippen molar-refractivity contribution in [1.82, 2.24) is 9.97 Å². The van der Waals surface area contributed by atoms with Gasteiger partial charge in [-0.2, -0.15) is 0 Å². The minimum atomic E-state index is -0.622. The molecule has 4 aromatic rings. The number of benzene rings is 2. The van der Waals surface area contributed by atoms with E-state index in [-0.39, 0.29) is 11.5 Å². The number of halogens is 1. The molecule has 2 aromatic heterocycles. The van der Waals surface area contributed by atoms with Crippen LogP contribution in [0.3, 0.4) is 0 Å². The van der Waals surface area contributed by atoms with Gasteiger partial charge in [0, 0.05) is 41.0 Å². The van der Waals surface area contributed by atoms with Crippen LogP contribution in [0.1, 0.15) is 29.3 Å². The topological polar surface area (TPSA) is 84.1 Å². The van der Waals surface area contributed by atoms with Crippen LogP contribution < -0.4 is 10.1 Å². The number of carbonyl (C=O) groups excluding carboxylic acids is 2. The summed E-state index contributed by atoms with van der Waals surface area (Å²) in [6, 6.07) is 13.2. The number of anilines is 1. The Morgan fingerprint density at radius 3 is 2.71 bits per heavy atom. The van der Waals surface area contributed by atoms with Crippen LogP contribution in [0.15, 0.2) is 60.9 Å². The van der Waals surface area contributed by atoms with Gasteiger partial charge < -0.3 is 15.0 Å². The number of ether oxygens (including phenoxy) is 1. The lowest BCUT2D eigenvalue weighted by atomic mass is 10.0. The van der Waals surface area contributed by atoms with Crippen molar-refractivity contribution in [3.8, 4) is 16.9 Å². The molecule has 1 amide bonds. The Balaban J connectivity index is 1.75. The number of nitrogens with one attached hydrogen (secondary N) is 2. The molecule has 31 heavy (non-hydrogen) atoms. The van der Waals surface area contributed by atoms with E-state index in [9.17, 15) is 14.0 Å². The standard InChI is InChI=1S/C24H20FN3O3/c1-3-22(29)28-16-6-4-5-14(9-16)15-10-18-20(13-27-24(18)26-12-15)23(30)19-11-17(31-2)7-8-21(19)25/h4-13H,3H2,1-2H3,(H,26,27)(H,28,29). The molecule has 0 aliphatic rings. The van der Waals surface area contributed by atoms with Crippen LogP contribution >= 0.6 is 0 Å². The molecular formula is C24H20FN3O3. The molecule has 0 saturated heterocycles. The summed E-state index contributed by atoms with van der Waals surface area (Å²) in [4.78, 5) is 32.1. The van der Waals surface area contributed by atoms with Gasteiger partial charge in [-0.3, -0.25) is 9.59 Å². The summed E-state index contributed by atoms with van der Waals surface area (Å²) in [5.41, 5.74) is 3.02. The van der Waals surface area contributed by atoms with E-state index < -0.39 is 11.6 Å². The Morgan fingerprint density at radius 1 is 1.10 bits per heavy atom. The number of fused-ring (bicyclic) bond motifs is 1. The van der Waals surface area contributed by atoms with Gasteiger partial charge in [0.1, 0.15) is 17.2 Å². The van der Waals surface area contributed by atoms with Crippen LogP contribution in [0.2, 0.25) is 0 Å². The first kappa shape index (κ1) is 20.3. The molecule has 2 heterocycles. The van der Waals surface area contributed by atoms with E-state index in [4.69, 9.17) is 4.74 Å². The second-order valence-electron chi connectivity index (χ2n) is 6.98. The van der Waals surface area contributed by atoms with Gasteiger partial charge in [0.15, 0.2) is 5.78 Å². The minimum absolute atomic E-state index is 0.0741. The number of ketones is 1. The van der Waals surface area contributed by atoms with E-state index in [2.05, 4.69) is 15.3 Å². The average Bonchev–Trinajstić information content (AvgIpc) is 3.22. The van der Waals surface area contributed by atoms with Gasteiger partial charge in [-0.1, -0.05) is 19.1 Å². The minimum Gasteiger partial charge on any atom is -0.497 e. The van der Waals surface area contributed by atoms with Crippen molar-refractivity contribution in [3.05, 3.63) is 77.9 Å². The number of pyridine rings is 1. The van der Waals surface area contributed by atoms with Gasteiger partial charge >= 0.3 is 0 Å². The quantitative estimate of drug-likeness (QED) is 0.435. The van der Waals surface area contributed by atoms with Crippen molar-refractivity contribution in [2.75, 3.05) is 12.4 Å². The summed E-state index contributed by atoms with van der Waals surface area (Å²) >= 11 is 0. The number of nitrogens with zero attached hydrogens (tertiary/aromatic N) is 1. The lowest BCUT2D eigenvalue weighted by Gasteiger charge is -2.08. The summed E-state index contributed by atoms with van der Waals surface area (Å²) < 4.78 is 19.5. The maximum Gasteiger partial charge on any atom is 0.224 e. The van der Waals surface area contributed by atoms with Gasteiger partial charge in [-0.15, -0.1) is 0 Å². The van der Waals surface area contributed by atoms with E-state index in [1.54, 1.807) is 19.2 Å². The molecular weight excluding hydrogens is 397 g/mol. The Labute approximate surface area is 178 Å². The average molecular weight is 417 g/mol. The number of hydrogen-bond donors (Lipinski definition) is 2. The molecule has 4 rings (SSSR count). The molecule has 156 valence electrons. The first-order valence-corrected chi connectivity index (χ1v) is 9.75. The van der Waals surface area contributed by atoms with Crippen LogP contribution in [-0.2, 0) is 4.79 Å². The Bertz CT molecular complexity index is 1300. The first-order chi connectivity index (χ1) is 15.0. The van der Waals surface area contributed by atoms with Crippen LogP contribution in [-0.4, -0.2) is 28.8 Å². The van der Waals surface area contributed by atoms with Crippen molar-refractivity contribution >= 4 is 28.4 Å². The first-order valence-electron chi connectivity index (χ1n) is 9.75. The highest BCUT2D eigenvalue weighted by Crippen LogP contribution is 2.29. The second-order valence-corrected chi connectivity index (χ2v) is 6.98. The number of aromatic amines is 1. The zero-order valence-corrected chi connectivity index (χ0v) is 17.0. The Hall–Kier alpha value is -4.00. The Morgan fingerprint density at radius 2 is 1.94 bits per heavy atom. The number of methoxy groups -OCH3 is 1. The third kappa shape index (κ3) is 4.02. The van der Waals surface area contributed by atoms with Crippen LogP contribution in [0.5, 0.6) is 5.75 Å². The number of H-pyrrole nitrogens is 1. The van der Waals surface area contributed by atoms with Crippen molar-refractivity contribution in [2.45, 2.75) is 13.3 Å². The molecule has 0 saturated carbocycles. The van der Waals surface area contributed by atoms with Gasteiger partial charge in [-0.25, -0.2) is 9.37 Å². The van der Waals surface area contributed by atoms with E-state index in [1.165, 1.54) is 31.5 Å². The molecule has 0 unspecified atom stereocenters. The molecule has 7 heteroatoms. The fourth-order valence-electron chi connectivity index (χ4n) is 3.33. The molecule has 2 aromatic carbocycles. The number of hydrogen-bond acceptors (Lipinski definition) is 4. The van der Waals surface area contributed by atoms with Crippen molar-refractivity contribution in [2.24, 2.45) is 0 Å². The normalized spacial score (nSPS) is 10.8. The second kappa shape index (κ2) is 8.39. The summed E-state index contributed by atoms with van der Waals surface area (Å²) in [5, 5.41) is 3.41. The monoisotopic (exact) mass is 417 g/mol. The molecule has 0 aliphatic carbocycles. The number of amides is 1. The highest BCUT2D eigenvalue weighted by molar-refractivity contribution is 6.16. The molecule has 2 N–H and O–H groups in total. The fourth-order valence-corrected chi connectivity index (χ4v) is 3.33.